The number of hydrogen-bond donors (Lipinski definition) is 1. The fourth-order valence-corrected chi connectivity index (χ4v) is 0.998. The van der Waals surface area contributed by atoms with Crippen molar-refractivity contribution in [1.29, 1.82) is 0 Å². The summed E-state index contributed by atoms with van der Waals surface area (Å²) in [6.45, 7) is 0.840. The predicted molar refractivity (Wildman–Crippen MR) is 46.1 cm³/mol. The summed E-state index contributed by atoms with van der Waals surface area (Å²) in [5.74, 6) is 0.712. The molecule has 0 aromatic carbocycles. The molecule has 0 aliphatic carbocycles. The first-order valence-electron chi connectivity index (χ1n) is 4.60. The smallest absolute Gasteiger partial charge is 0.338 e. The number of aryl methyl sites for hydroxylation is 1. The van der Waals surface area contributed by atoms with Crippen molar-refractivity contribution in [2.45, 2.75) is 32.5 Å². The minimum atomic E-state index is -4.22. The highest BCUT2D eigenvalue weighted by Crippen LogP contribution is 2.12. The Hall–Kier alpha value is -1.11. The Morgan fingerprint density at radius 1 is 1.40 bits per heavy atom. The third-order valence-electron chi connectivity index (χ3n) is 1.59. The van der Waals surface area contributed by atoms with Crippen molar-refractivity contribution < 1.29 is 17.7 Å². The lowest BCUT2D eigenvalue weighted by molar-refractivity contribution is -0.125. The Balaban J connectivity index is 2.31. The number of nitrogens with zero attached hydrogens (tertiary/aromatic N) is 2. The highest BCUT2D eigenvalue weighted by molar-refractivity contribution is 4.85. The third kappa shape index (κ3) is 4.78. The van der Waals surface area contributed by atoms with Crippen molar-refractivity contribution in [3.8, 4) is 0 Å². The number of aromatic nitrogens is 2. The summed E-state index contributed by atoms with van der Waals surface area (Å²) in [6, 6.07) is 0. The van der Waals surface area contributed by atoms with Crippen LogP contribution in [0.5, 0.6) is 0 Å². The van der Waals surface area contributed by atoms with E-state index in [1.54, 1.807) is 0 Å². The molecule has 0 aliphatic rings. The molecule has 0 atom stereocenters. The number of nitrogens with one attached hydrogen (secondary N) is 1. The molecule has 0 unspecified atom stereocenters. The van der Waals surface area contributed by atoms with Crippen molar-refractivity contribution in [2.75, 3.05) is 6.54 Å². The molecule has 1 aromatic heterocycles. The maximum absolute atomic E-state index is 11.8. The van der Waals surface area contributed by atoms with Gasteiger partial charge in [0.2, 0.25) is 5.89 Å². The second-order valence-electron chi connectivity index (χ2n) is 3.07. The molecule has 0 saturated carbocycles. The summed E-state index contributed by atoms with van der Waals surface area (Å²) in [6.07, 6.45) is -2.68. The van der Waals surface area contributed by atoms with Gasteiger partial charge in [0.15, 0.2) is 5.82 Å². The molecule has 1 aromatic rings. The zero-order valence-corrected chi connectivity index (χ0v) is 8.26. The van der Waals surface area contributed by atoms with Gasteiger partial charge in [0.05, 0.1) is 13.1 Å². The van der Waals surface area contributed by atoms with E-state index in [0.717, 1.165) is 6.42 Å². The highest BCUT2D eigenvalue weighted by atomic mass is 19.4. The zero-order valence-electron chi connectivity index (χ0n) is 8.26. The molecule has 1 rings (SSSR count). The van der Waals surface area contributed by atoms with Crippen LogP contribution in [0, 0.1) is 0 Å². The Morgan fingerprint density at radius 2 is 2.13 bits per heavy atom. The van der Waals surface area contributed by atoms with Gasteiger partial charge in [0.25, 0.3) is 0 Å². The van der Waals surface area contributed by atoms with Crippen molar-refractivity contribution in [3.63, 3.8) is 0 Å². The Labute approximate surface area is 84.9 Å². The summed E-state index contributed by atoms with van der Waals surface area (Å²) >= 11 is 0. The second kappa shape index (κ2) is 5.11. The van der Waals surface area contributed by atoms with Crippen LogP contribution in [-0.2, 0) is 13.0 Å². The molecule has 0 aliphatic heterocycles. The molecule has 0 fully saturated rings. The van der Waals surface area contributed by atoms with E-state index >= 15 is 0 Å². The first-order chi connectivity index (χ1) is 7.01. The predicted octanol–water partition coefficient (Wildman–Crippen LogP) is 1.67. The van der Waals surface area contributed by atoms with E-state index in [1.165, 1.54) is 0 Å². The minimum Gasteiger partial charge on any atom is -0.338 e. The van der Waals surface area contributed by atoms with Crippen molar-refractivity contribution in [1.82, 2.24) is 15.5 Å². The average molecular weight is 223 g/mol. The second-order valence-corrected chi connectivity index (χ2v) is 3.07. The van der Waals surface area contributed by atoms with Gasteiger partial charge < -0.3 is 9.84 Å². The van der Waals surface area contributed by atoms with Gasteiger partial charge in [-0.2, -0.15) is 18.2 Å². The average Bonchev–Trinajstić information content (AvgIpc) is 2.51. The molecular weight excluding hydrogens is 211 g/mol. The van der Waals surface area contributed by atoms with E-state index in [4.69, 9.17) is 4.52 Å². The number of hydrogen-bond acceptors (Lipinski definition) is 4. The molecule has 0 radical (unpaired) electrons. The first-order valence-corrected chi connectivity index (χ1v) is 4.60. The van der Waals surface area contributed by atoms with Gasteiger partial charge in [-0.1, -0.05) is 12.1 Å². The molecule has 0 bridgehead atoms. The largest absolute Gasteiger partial charge is 0.401 e. The molecule has 0 amide bonds. The molecule has 4 nitrogen and oxygen atoms in total. The lowest BCUT2D eigenvalue weighted by atomic mass is 10.3. The summed E-state index contributed by atoms with van der Waals surface area (Å²) in [5.41, 5.74) is 0. The van der Waals surface area contributed by atoms with E-state index < -0.39 is 12.7 Å². The Kier molecular flexibility index (Phi) is 4.07. The van der Waals surface area contributed by atoms with Crippen LogP contribution in [0.25, 0.3) is 0 Å². The zero-order chi connectivity index (χ0) is 11.3. The fourth-order valence-electron chi connectivity index (χ4n) is 0.998. The molecule has 7 heteroatoms. The Bertz CT molecular complexity index is 298. The van der Waals surface area contributed by atoms with Crippen molar-refractivity contribution >= 4 is 0 Å². The van der Waals surface area contributed by atoms with Gasteiger partial charge in [0, 0.05) is 6.42 Å². The van der Waals surface area contributed by atoms with Gasteiger partial charge in [-0.25, -0.2) is 0 Å². The van der Waals surface area contributed by atoms with E-state index in [0.29, 0.717) is 12.2 Å². The van der Waals surface area contributed by atoms with Gasteiger partial charge >= 0.3 is 6.18 Å². The lowest BCUT2D eigenvalue weighted by Crippen LogP contribution is -2.28. The quantitative estimate of drug-likeness (QED) is 0.825. The highest BCUT2D eigenvalue weighted by Gasteiger charge is 2.26. The van der Waals surface area contributed by atoms with Crippen LogP contribution in [0.2, 0.25) is 0 Å². The number of alkyl halides is 3. The summed E-state index contributed by atoms with van der Waals surface area (Å²) in [7, 11) is 0. The maximum atomic E-state index is 11.8. The van der Waals surface area contributed by atoms with Crippen molar-refractivity contribution in [2.24, 2.45) is 0 Å². The molecule has 15 heavy (non-hydrogen) atoms. The normalized spacial score (nSPS) is 12.0. The maximum Gasteiger partial charge on any atom is 0.401 e. The Morgan fingerprint density at radius 3 is 2.73 bits per heavy atom. The third-order valence-corrected chi connectivity index (χ3v) is 1.59. The SMILES string of the molecule is CCCc1noc(CNCC(F)(F)F)n1. The van der Waals surface area contributed by atoms with E-state index in [2.05, 4.69) is 15.5 Å². The van der Waals surface area contributed by atoms with Crippen LogP contribution in [0.4, 0.5) is 13.2 Å². The molecule has 1 heterocycles. The summed E-state index contributed by atoms with van der Waals surface area (Å²) in [4.78, 5) is 3.91. The van der Waals surface area contributed by atoms with Gasteiger partial charge in [-0.3, -0.25) is 0 Å². The number of rotatable bonds is 5. The number of halogens is 3. The van der Waals surface area contributed by atoms with Gasteiger partial charge in [-0.15, -0.1) is 0 Å². The molecule has 0 saturated heterocycles. The van der Waals surface area contributed by atoms with E-state index in [1.807, 2.05) is 6.92 Å². The summed E-state index contributed by atoms with van der Waals surface area (Å²) < 4.78 is 40.0. The monoisotopic (exact) mass is 223 g/mol. The lowest BCUT2D eigenvalue weighted by Gasteiger charge is -2.05. The van der Waals surface area contributed by atoms with Crippen LogP contribution in [-0.4, -0.2) is 22.9 Å². The topological polar surface area (TPSA) is 51.0 Å². The van der Waals surface area contributed by atoms with Crippen LogP contribution in [0.15, 0.2) is 4.52 Å². The first kappa shape index (κ1) is 12.0. The fraction of sp³-hybridized carbons (Fsp3) is 0.750. The van der Waals surface area contributed by atoms with Gasteiger partial charge in [0.1, 0.15) is 0 Å². The standard InChI is InChI=1S/C8H12F3N3O/c1-2-3-6-13-7(15-14-6)4-12-5-8(9,10)11/h12H,2-5H2,1H3. The van der Waals surface area contributed by atoms with E-state index in [9.17, 15) is 13.2 Å². The van der Waals surface area contributed by atoms with Gasteiger partial charge in [-0.05, 0) is 6.42 Å². The molecule has 1 N–H and O–H groups in total. The minimum absolute atomic E-state index is 0.0593. The van der Waals surface area contributed by atoms with Crippen LogP contribution < -0.4 is 5.32 Å². The van der Waals surface area contributed by atoms with Crippen LogP contribution in [0.1, 0.15) is 25.1 Å². The van der Waals surface area contributed by atoms with Crippen LogP contribution >= 0.6 is 0 Å². The van der Waals surface area contributed by atoms with Crippen molar-refractivity contribution in [3.05, 3.63) is 11.7 Å². The summed E-state index contributed by atoms with van der Waals surface area (Å²) in [5, 5.41) is 5.79. The van der Waals surface area contributed by atoms with Crippen LogP contribution in [0.3, 0.4) is 0 Å². The molecular formula is C8H12F3N3O. The molecule has 86 valence electrons. The molecule has 0 spiro atoms. The van der Waals surface area contributed by atoms with E-state index in [-0.39, 0.29) is 12.4 Å².